The highest BCUT2D eigenvalue weighted by Crippen LogP contribution is 1.95. The molecule has 0 saturated heterocycles. The second-order valence-corrected chi connectivity index (χ2v) is 2.56. The van der Waals surface area contributed by atoms with E-state index in [9.17, 15) is 0 Å². The van der Waals surface area contributed by atoms with Crippen LogP contribution < -0.4 is 0 Å². The standard InChI is InChI=1S/C9H18O3/c1-3-6-11-7-8-12-9(2)4-5-10/h3,9-10H,1,4-8H2,2H3. The number of aliphatic hydroxyl groups is 1. The Balaban J connectivity index is 3.02. The van der Waals surface area contributed by atoms with E-state index in [1.54, 1.807) is 6.08 Å². The molecule has 0 heterocycles. The Morgan fingerprint density at radius 1 is 1.50 bits per heavy atom. The summed E-state index contributed by atoms with van der Waals surface area (Å²) in [7, 11) is 0. The molecule has 0 spiro atoms. The molecule has 0 amide bonds. The second-order valence-electron chi connectivity index (χ2n) is 2.56. The summed E-state index contributed by atoms with van der Waals surface area (Å²) in [5.74, 6) is 0. The molecule has 0 aliphatic heterocycles. The highest BCUT2D eigenvalue weighted by atomic mass is 16.5. The fraction of sp³-hybridized carbons (Fsp3) is 0.778. The normalized spacial score (nSPS) is 12.8. The molecule has 0 aliphatic carbocycles. The summed E-state index contributed by atoms with van der Waals surface area (Å²) in [6.07, 6.45) is 2.50. The topological polar surface area (TPSA) is 38.7 Å². The van der Waals surface area contributed by atoms with Crippen LogP contribution in [0.2, 0.25) is 0 Å². The van der Waals surface area contributed by atoms with E-state index in [1.807, 2.05) is 6.92 Å². The van der Waals surface area contributed by atoms with Crippen LogP contribution in [0, 0.1) is 0 Å². The maximum absolute atomic E-state index is 8.55. The molecule has 1 unspecified atom stereocenters. The van der Waals surface area contributed by atoms with E-state index >= 15 is 0 Å². The van der Waals surface area contributed by atoms with E-state index in [0.717, 1.165) is 0 Å². The molecule has 3 heteroatoms. The Morgan fingerprint density at radius 3 is 2.83 bits per heavy atom. The lowest BCUT2D eigenvalue weighted by molar-refractivity contribution is 0.00891. The molecule has 0 fully saturated rings. The fourth-order valence-electron chi connectivity index (χ4n) is 0.740. The van der Waals surface area contributed by atoms with Gasteiger partial charge in [0.05, 0.1) is 25.9 Å². The maximum atomic E-state index is 8.55. The third kappa shape index (κ3) is 7.72. The van der Waals surface area contributed by atoms with Crippen molar-refractivity contribution in [2.24, 2.45) is 0 Å². The number of hydrogen-bond acceptors (Lipinski definition) is 3. The van der Waals surface area contributed by atoms with Gasteiger partial charge in [-0.25, -0.2) is 0 Å². The van der Waals surface area contributed by atoms with Crippen molar-refractivity contribution in [2.75, 3.05) is 26.4 Å². The zero-order valence-electron chi connectivity index (χ0n) is 7.66. The Labute approximate surface area is 74.0 Å². The Kier molecular flexibility index (Phi) is 8.44. The molecular weight excluding hydrogens is 156 g/mol. The van der Waals surface area contributed by atoms with E-state index in [4.69, 9.17) is 14.6 Å². The van der Waals surface area contributed by atoms with E-state index in [2.05, 4.69) is 6.58 Å². The lowest BCUT2D eigenvalue weighted by Gasteiger charge is -2.10. The van der Waals surface area contributed by atoms with Gasteiger partial charge in [-0.15, -0.1) is 6.58 Å². The third-order valence-corrected chi connectivity index (χ3v) is 1.40. The van der Waals surface area contributed by atoms with Gasteiger partial charge in [0.2, 0.25) is 0 Å². The number of rotatable bonds is 8. The molecule has 0 bridgehead atoms. The van der Waals surface area contributed by atoms with Crippen molar-refractivity contribution in [3.05, 3.63) is 12.7 Å². The molecule has 0 aliphatic rings. The maximum Gasteiger partial charge on any atom is 0.0704 e. The zero-order chi connectivity index (χ0) is 9.23. The van der Waals surface area contributed by atoms with Crippen LogP contribution in [0.1, 0.15) is 13.3 Å². The minimum absolute atomic E-state index is 0.113. The van der Waals surface area contributed by atoms with Crippen molar-refractivity contribution >= 4 is 0 Å². The van der Waals surface area contributed by atoms with Gasteiger partial charge in [-0.05, 0) is 13.3 Å². The number of hydrogen-bond donors (Lipinski definition) is 1. The summed E-state index contributed by atoms with van der Waals surface area (Å²) >= 11 is 0. The quantitative estimate of drug-likeness (QED) is 0.440. The highest BCUT2D eigenvalue weighted by Gasteiger charge is 1.99. The van der Waals surface area contributed by atoms with Crippen molar-refractivity contribution in [1.29, 1.82) is 0 Å². The van der Waals surface area contributed by atoms with Crippen molar-refractivity contribution in [2.45, 2.75) is 19.4 Å². The van der Waals surface area contributed by atoms with Crippen LogP contribution in [-0.4, -0.2) is 37.6 Å². The molecule has 1 N–H and O–H groups in total. The van der Waals surface area contributed by atoms with Gasteiger partial charge >= 0.3 is 0 Å². The largest absolute Gasteiger partial charge is 0.396 e. The van der Waals surface area contributed by atoms with Crippen LogP contribution in [-0.2, 0) is 9.47 Å². The molecule has 0 radical (unpaired) electrons. The van der Waals surface area contributed by atoms with Crippen molar-refractivity contribution in [1.82, 2.24) is 0 Å². The minimum Gasteiger partial charge on any atom is -0.396 e. The molecule has 0 aromatic heterocycles. The Bertz CT molecular complexity index is 104. The van der Waals surface area contributed by atoms with Crippen LogP contribution in [0.3, 0.4) is 0 Å². The summed E-state index contributed by atoms with van der Waals surface area (Å²) in [6.45, 7) is 7.36. The lowest BCUT2D eigenvalue weighted by atomic mass is 10.3. The smallest absolute Gasteiger partial charge is 0.0704 e. The van der Waals surface area contributed by atoms with Gasteiger partial charge in [0.25, 0.3) is 0 Å². The summed E-state index contributed by atoms with van der Waals surface area (Å²) < 4.78 is 10.4. The molecule has 1 atom stereocenters. The van der Waals surface area contributed by atoms with Crippen LogP contribution in [0.15, 0.2) is 12.7 Å². The molecule has 0 aromatic rings. The third-order valence-electron chi connectivity index (χ3n) is 1.40. The summed E-state index contributed by atoms with van der Waals surface area (Å²) in [5, 5.41) is 8.55. The monoisotopic (exact) mass is 174 g/mol. The minimum atomic E-state index is 0.113. The lowest BCUT2D eigenvalue weighted by Crippen LogP contribution is -2.14. The van der Waals surface area contributed by atoms with Gasteiger partial charge in [-0.1, -0.05) is 6.08 Å². The summed E-state index contributed by atoms with van der Waals surface area (Å²) in [6, 6.07) is 0. The predicted molar refractivity (Wildman–Crippen MR) is 48.1 cm³/mol. The van der Waals surface area contributed by atoms with Gasteiger partial charge in [-0.2, -0.15) is 0 Å². The van der Waals surface area contributed by atoms with Gasteiger partial charge in [0.1, 0.15) is 0 Å². The van der Waals surface area contributed by atoms with Gasteiger partial charge in [0.15, 0.2) is 0 Å². The first-order chi connectivity index (χ1) is 5.81. The van der Waals surface area contributed by atoms with Crippen molar-refractivity contribution in [3.8, 4) is 0 Å². The van der Waals surface area contributed by atoms with Gasteiger partial charge in [0, 0.05) is 6.61 Å². The Morgan fingerprint density at radius 2 is 2.25 bits per heavy atom. The fourth-order valence-corrected chi connectivity index (χ4v) is 0.740. The SMILES string of the molecule is C=CCOCCOC(C)CCO. The van der Waals surface area contributed by atoms with Crippen LogP contribution in [0.5, 0.6) is 0 Å². The molecule has 72 valence electrons. The molecule has 3 nitrogen and oxygen atoms in total. The molecule has 0 rings (SSSR count). The van der Waals surface area contributed by atoms with Crippen LogP contribution >= 0.6 is 0 Å². The van der Waals surface area contributed by atoms with Crippen LogP contribution in [0.25, 0.3) is 0 Å². The first-order valence-corrected chi connectivity index (χ1v) is 4.22. The highest BCUT2D eigenvalue weighted by molar-refractivity contribution is 4.63. The van der Waals surface area contributed by atoms with Gasteiger partial charge in [-0.3, -0.25) is 0 Å². The second kappa shape index (κ2) is 8.71. The average molecular weight is 174 g/mol. The average Bonchev–Trinajstić information content (AvgIpc) is 2.05. The van der Waals surface area contributed by atoms with E-state index in [1.165, 1.54) is 0 Å². The summed E-state index contributed by atoms with van der Waals surface area (Å²) in [5.41, 5.74) is 0. The van der Waals surface area contributed by atoms with E-state index < -0.39 is 0 Å². The number of aliphatic hydroxyl groups excluding tert-OH is 1. The van der Waals surface area contributed by atoms with E-state index in [0.29, 0.717) is 26.2 Å². The molecule has 0 aromatic carbocycles. The molecule has 12 heavy (non-hydrogen) atoms. The molecule has 0 saturated carbocycles. The van der Waals surface area contributed by atoms with Crippen molar-refractivity contribution in [3.63, 3.8) is 0 Å². The van der Waals surface area contributed by atoms with Crippen LogP contribution in [0.4, 0.5) is 0 Å². The molecular formula is C9H18O3. The van der Waals surface area contributed by atoms with Gasteiger partial charge < -0.3 is 14.6 Å². The zero-order valence-corrected chi connectivity index (χ0v) is 7.66. The number of ether oxygens (including phenoxy) is 2. The van der Waals surface area contributed by atoms with E-state index in [-0.39, 0.29) is 12.7 Å². The first-order valence-electron chi connectivity index (χ1n) is 4.22. The predicted octanol–water partition coefficient (Wildman–Crippen LogP) is 0.976. The first kappa shape index (κ1) is 11.6. The summed E-state index contributed by atoms with van der Waals surface area (Å²) in [4.78, 5) is 0. The van der Waals surface area contributed by atoms with Crippen molar-refractivity contribution < 1.29 is 14.6 Å². The Hall–Kier alpha value is -0.380.